The van der Waals surface area contributed by atoms with E-state index in [0.717, 1.165) is 37.8 Å². The van der Waals surface area contributed by atoms with Crippen molar-refractivity contribution < 1.29 is 4.42 Å². The Bertz CT molecular complexity index is 456. The zero-order chi connectivity index (χ0) is 16.5. The highest BCUT2D eigenvalue weighted by molar-refractivity contribution is 14.0. The third-order valence-electron chi connectivity index (χ3n) is 4.40. The summed E-state index contributed by atoms with van der Waals surface area (Å²) >= 11 is 0. The number of rotatable bonds is 8. The normalized spacial score (nSPS) is 16.9. The van der Waals surface area contributed by atoms with Gasteiger partial charge in [-0.3, -0.25) is 9.89 Å². The summed E-state index contributed by atoms with van der Waals surface area (Å²) in [6.07, 6.45) is 5.25. The third kappa shape index (κ3) is 7.01. The number of guanidine groups is 1. The van der Waals surface area contributed by atoms with Crippen LogP contribution in [0.15, 0.2) is 27.8 Å². The molecule has 6 heteroatoms. The minimum atomic E-state index is 0. The van der Waals surface area contributed by atoms with Crippen molar-refractivity contribution in [2.75, 3.05) is 32.7 Å². The summed E-state index contributed by atoms with van der Waals surface area (Å²) in [6.45, 7) is 11.7. The second-order valence-corrected chi connectivity index (χ2v) is 6.53. The van der Waals surface area contributed by atoms with Gasteiger partial charge in [0.15, 0.2) is 5.96 Å². The van der Waals surface area contributed by atoms with E-state index in [-0.39, 0.29) is 24.0 Å². The maximum Gasteiger partial charge on any atom is 0.191 e. The lowest BCUT2D eigenvalue weighted by Gasteiger charge is -2.29. The van der Waals surface area contributed by atoms with Gasteiger partial charge in [-0.25, -0.2) is 0 Å². The van der Waals surface area contributed by atoms with Crippen LogP contribution in [0.2, 0.25) is 0 Å². The Hall–Kier alpha value is -0.760. The van der Waals surface area contributed by atoms with Crippen LogP contribution in [-0.2, 0) is 6.42 Å². The summed E-state index contributed by atoms with van der Waals surface area (Å²) < 4.78 is 5.37. The number of furan rings is 1. The average Bonchev–Trinajstić information content (AvgIpc) is 3.20. The third-order valence-corrected chi connectivity index (χ3v) is 4.40. The lowest BCUT2D eigenvalue weighted by atomic mass is 10.0. The van der Waals surface area contributed by atoms with Gasteiger partial charge < -0.3 is 15.1 Å². The van der Waals surface area contributed by atoms with Crippen molar-refractivity contribution in [1.82, 2.24) is 15.5 Å². The quantitative estimate of drug-likeness (QED) is 0.365. The smallest absolute Gasteiger partial charge is 0.191 e. The molecule has 2 rings (SSSR count). The first-order chi connectivity index (χ1) is 11.2. The molecule has 0 saturated carbocycles. The molecule has 1 fully saturated rings. The van der Waals surface area contributed by atoms with Gasteiger partial charge in [0.1, 0.15) is 5.76 Å². The minimum Gasteiger partial charge on any atom is -0.469 e. The summed E-state index contributed by atoms with van der Waals surface area (Å²) in [6, 6.07) is 4.48. The molecule has 0 amide bonds. The summed E-state index contributed by atoms with van der Waals surface area (Å²) in [5.41, 5.74) is 0. The van der Waals surface area contributed by atoms with Gasteiger partial charge in [0.25, 0.3) is 0 Å². The first kappa shape index (κ1) is 21.3. The molecule has 1 aliphatic rings. The van der Waals surface area contributed by atoms with Gasteiger partial charge in [-0.15, -0.1) is 24.0 Å². The number of halogens is 1. The van der Waals surface area contributed by atoms with Crippen LogP contribution < -0.4 is 10.6 Å². The van der Waals surface area contributed by atoms with Gasteiger partial charge in [0.2, 0.25) is 0 Å². The van der Waals surface area contributed by atoms with E-state index in [4.69, 9.17) is 9.41 Å². The monoisotopic (exact) mass is 448 g/mol. The predicted octanol–water partition coefficient (Wildman–Crippen LogP) is 3.12. The number of nitrogens with one attached hydrogen (secondary N) is 2. The van der Waals surface area contributed by atoms with Crippen LogP contribution in [0.3, 0.4) is 0 Å². The minimum absolute atomic E-state index is 0. The van der Waals surface area contributed by atoms with Crippen LogP contribution in [-0.4, -0.2) is 49.6 Å². The Morgan fingerprint density at radius 3 is 2.62 bits per heavy atom. The van der Waals surface area contributed by atoms with E-state index in [9.17, 15) is 0 Å². The highest BCUT2D eigenvalue weighted by Crippen LogP contribution is 2.17. The van der Waals surface area contributed by atoms with Crippen molar-refractivity contribution in [1.29, 1.82) is 0 Å². The van der Waals surface area contributed by atoms with Gasteiger partial charge in [-0.05, 0) is 50.9 Å². The van der Waals surface area contributed by atoms with E-state index in [0.29, 0.717) is 12.0 Å². The van der Waals surface area contributed by atoms with Crippen molar-refractivity contribution in [2.24, 2.45) is 10.9 Å². The summed E-state index contributed by atoms with van der Waals surface area (Å²) in [4.78, 5) is 7.42. The highest BCUT2D eigenvalue weighted by atomic mass is 127. The molecule has 2 heterocycles. The molecule has 0 bridgehead atoms. The first-order valence-electron chi connectivity index (χ1n) is 8.99. The molecule has 0 aromatic carbocycles. The summed E-state index contributed by atoms with van der Waals surface area (Å²) in [7, 11) is 0. The molecule has 1 atom stereocenters. The van der Waals surface area contributed by atoms with Crippen molar-refractivity contribution in [3.63, 3.8) is 0 Å². The number of nitrogens with zero attached hydrogens (tertiary/aromatic N) is 2. The zero-order valence-electron chi connectivity index (χ0n) is 15.3. The van der Waals surface area contributed by atoms with Crippen LogP contribution in [0.4, 0.5) is 0 Å². The van der Waals surface area contributed by atoms with Crippen molar-refractivity contribution in [3.05, 3.63) is 24.2 Å². The molecule has 1 aromatic heterocycles. The number of hydrogen-bond acceptors (Lipinski definition) is 3. The fourth-order valence-corrected chi connectivity index (χ4v) is 3.11. The Labute approximate surface area is 163 Å². The van der Waals surface area contributed by atoms with E-state index >= 15 is 0 Å². The van der Waals surface area contributed by atoms with Gasteiger partial charge in [-0.2, -0.15) is 0 Å². The lowest BCUT2D eigenvalue weighted by Crippen LogP contribution is -2.42. The molecule has 24 heavy (non-hydrogen) atoms. The highest BCUT2D eigenvalue weighted by Gasteiger charge is 2.24. The molecule has 1 aromatic rings. The Kier molecular flexibility index (Phi) is 10.4. The van der Waals surface area contributed by atoms with Crippen LogP contribution >= 0.6 is 24.0 Å². The molecule has 1 aliphatic heterocycles. The predicted molar refractivity (Wildman–Crippen MR) is 111 cm³/mol. The van der Waals surface area contributed by atoms with Crippen LogP contribution in [0.25, 0.3) is 0 Å². The van der Waals surface area contributed by atoms with Crippen LogP contribution in [0, 0.1) is 5.92 Å². The summed E-state index contributed by atoms with van der Waals surface area (Å²) in [5, 5.41) is 6.74. The molecular weight excluding hydrogens is 415 g/mol. The van der Waals surface area contributed by atoms with Gasteiger partial charge in [-0.1, -0.05) is 13.8 Å². The maximum absolute atomic E-state index is 5.37. The molecule has 0 aliphatic carbocycles. The first-order valence-corrected chi connectivity index (χ1v) is 8.99. The topological polar surface area (TPSA) is 52.8 Å². The molecule has 1 unspecified atom stereocenters. The van der Waals surface area contributed by atoms with E-state index < -0.39 is 0 Å². The van der Waals surface area contributed by atoms with Crippen LogP contribution in [0.1, 0.15) is 39.4 Å². The molecular formula is C18H33IN4O. The van der Waals surface area contributed by atoms with E-state index in [1.807, 2.05) is 12.1 Å². The second kappa shape index (κ2) is 11.7. The summed E-state index contributed by atoms with van der Waals surface area (Å²) in [5.74, 6) is 2.54. The van der Waals surface area contributed by atoms with Gasteiger partial charge in [0, 0.05) is 25.6 Å². The second-order valence-electron chi connectivity index (χ2n) is 6.53. The van der Waals surface area contributed by atoms with Crippen LogP contribution in [0.5, 0.6) is 0 Å². The maximum atomic E-state index is 5.37. The molecule has 0 spiro atoms. The van der Waals surface area contributed by atoms with Gasteiger partial charge >= 0.3 is 0 Å². The largest absolute Gasteiger partial charge is 0.469 e. The Balaban J connectivity index is 0.00000288. The number of likely N-dealkylation sites (tertiary alicyclic amines) is 1. The van der Waals surface area contributed by atoms with E-state index in [1.54, 1.807) is 6.26 Å². The molecule has 138 valence electrons. The lowest BCUT2D eigenvalue weighted by molar-refractivity contribution is 0.197. The number of aliphatic imine (C=N–C) groups is 1. The van der Waals surface area contributed by atoms with E-state index in [2.05, 4.69) is 36.3 Å². The SMILES string of the molecule is CCNC(=NCC(C(C)C)N1CCCC1)NCCc1ccco1.I. The van der Waals surface area contributed by atoms with Crippen molar-refractivity contribution in [2.45, 2.75) is 46.1 Å². The molecule has 2 N–H and O–H groups in total. The van der Waals surface area contributed by atoms with Crippen molar-refractivity contribution in [3.8, 4) is 0 Å². The molecule has 0 radical (unpaired) electrons. The number of hydrogen-bond donors (Lipinski definition) is 2. The standard InChI is InChI=1S/C18H32N4O.HI/c1-4-19-18(20-10-9-16-8-7-13-23-16)21-14-17(15(2)3)22-11-5-6-12-22;/h7-8,13,15,17H,4-6,9-12,14H2,1-3H3,(H2,19,20,21);1H. The van der Waals surface area contributed by atoms with E-state index in [1.165, 1.54) is 25.9 Å². The fraction of sp³-hybridized carbons (Fsp3) is 0.722. The van der Waals surface area contributed by atoms with Crippen molar-refractivity contribution >= 4 is 29.9 Å². The Morgan fingerprint density at radius 1 is 1.29 bits per heavy atom. The average molecular weight is 448 g/mol. The molecule has 1 saturated heterocycles. The van der Waals surface area contributed by atoms with Gasteiger partial charge in [0.05, 0.1) is 12.8 Å². The molecule has 5 nitrogen and oxygen atoms in total. The fourth-order valence-electron chi connectivity index (χ4n) is 3.11. The zero-order valence-corrected chi connectivity index (χ0v) is 17.6. The Morgan fingerprint density at radius 2 is 2.04 bits per heavy atom.